The van der Waals surface area contributed by atoms with Crippen LogP contribution in [0.5, 0.6) is 0 Å². The molecule has 1 rings (SSSR count). The molecule has 0 aliphatic carbocycles. The van der Waals surface area contributed by atoms with Gasteiger partial charge < -0.3 is 10.6 Å². The molecule has 98 valence electrons. The molecule has 17 heavy (non-hydrogen) atoms. The van der Waals surface area contributed by atoms with E-state index in [0.29, 0.717) is 6.54 Å². The molecular formula is C11H21ClN4O. The molecule has 2 N–H and O–H groups in total. The third kappa shape index (κ3) is 5.19. The molecule has 0 radical (unpaired) electrons. The average Bonchev–Trinajstić information content (AvgIpc) is 2.73. The Morgan fingerprint density at radius 1 is 1.59 bits per heavy atom. The van der Waals surface area contributed by atoms with Crippen LogP contribution in [0.3, 0.4) is 0 Å². The van der Waals surface area contributed by atoms with E-state index in [2.05, 4.69) is 22.7 Å². The predicted molar refractivity (Wildman–Crippen MR) is 70.1 cm³/mol. The number of likely N-dealkylation sites (N-methyl/N-ethyl adjacent to an activating group) is 1. The largest absolute Gasteiger partial charge is 0.358 e. The van der Waals surface area contributed by atoms with E-state index < -0.39 is 0 Å². The zero-order valence-electron chi connectivity index (χ0n) is 10.6. The van der Waals surface area contributed by atoms with Gasteiger partial charge in [0.15, 0.2) is 0 Å². The van der Waals surface area contributed by atoms with Gasteiger partial charge in [-0.25, -0.2) is 0 Å². The van der Waals surface area contributed by atoms with E-state index in [9.17, 15) is 4.79 Å². The molecule has 1 atom stereocenters. The highest BCUT2D eigenvalue weighted by molar-refractivity contribution is 5.85. The van der Waals surface area contributed by atoms with Gasteiger partial charge in [0.05, 0.1) is 12.2 Å². The van der Waals surface area contributed by atoms with E-state index in [-0.39, 0.29) is 24.4 Å². The maximum atomic E-state index is 11.2. The molecule has 0 aliphatic heterocycles. The van der Waals surface area contributed by atoms with Crippen LogP contribution < -0.4 is 10.6 Å². The number of amides is 1. The first kappa shape index (κ1) is 15.9. The van der Waals surface area contributed by atoms with Crippen molar-refractivity contribution in [2.45, 2.75) is 39.4 Å². The summed E-state index contributed by atoms with van der Waals surface area (Å²) in [5, 5.41) is 9.97. The van der Waals surface area contributed by atoms with Crippen LogP contribution in [0, 0.1) is 0 Å². The Morgan fingerprint density at radius 3 is 2.88 bits per heavy atom. The molecule has 1 aromatic heterocycles. The van der Waals surface area contributed by atoms with Gasteiger partial charge in [-0.15, -0.1) is 12.4 Å². The molecule has 0 saturated heterocycles. The van der Waals surface area contributed by atoms with Gasteiger partial charge >= 0.3 is 0 Å². The van der Waals surface area contributed by atoms with Crippen LogP contribution in [0.1, 0.15) is 25.8 Å². The highest BCUT2D eigenvalue weighted by atomic mass is 35.5. The fraction of sp³-hybridized carbons (Fsp3) is 0.636. The van der Waals surface area contributed by atoms with Gasteiger partial charge in [0, 0.05) is 31.9 Å². The van der Waals surface area contributed by atoms with Crippen molar-refractivity contribution >= 4 is 18.3 Å². The molecule has 5 nitrogen and oxygen atoms in total. The summed E-state index contributed by atoms with van der Waals surface area (Å²) in [5.41, 5.74) is 1.10. The fourth-order valence-electron chi connectivity index (χ4n) is 1.43. The van der Waals surface area contributed by atoms with Crippen molar-refractivity contribution in [1.82, 2.24) is 20.4 Å². The molecule has 6 heteroatoms. The maximum Gasteiger partial charge on any atom is 0.236 e. The van der Waals surface area contributed by atoms with Crippen molar-refractivity contribution in [2.24, 2.45) is 0 Å². The van der Waals surface area contributed by atoms with Crippen molar-refractivity contribution in [3.63, 3.8) is 0 Å². The fourth-order valence-corrected chi connectivity index (χ4v) is 1.43. The monoisotopic (exact) mass is 260 g/mol. The highest BCUT2D eigenvalue weighted by Crippen LogP contribution is 1.99. The van der Waals surface area contributed by atoms with Gasteiger partial charge in [-0.3, -0.25) is 9.48 Å². The van der Waals surface area contributed by atoms with Crippen LogP contribution in [0.15, 0.2) is 12.4 Å². The smallest absolute Gasteiger partial charge is 0.236 e. The summed E-state index contributed by atoms with van der Waals surface area (Å²) in [7, 11) is 1.64. The highest BCUT2D eigenvalue weighted by Gasteiger charge is 2.09. The minimum absolute atomic E-state index is 0. The summed E-state index contributed by atoms with van der Waals surface area (Å²) in [6, 6.07) is -0.181. The molecule has 1 amide bonds. The second kappa shape index (κ2) is 8.08. The number of hydrogen-bond donors (Lipinski definition) is 2. The number of nitrogens with one attached hydrogen (secondary N) is 2. The lowest BCUT2D eigenvalue weighted by Crippen LogP contribution is -2.40. The van der Waals surface area contributed by atoms with Gasteiger partial charge in [-0.05, 0) is 13.3 Å². The Hall–Kier alpha value is -1.07. The van der Waals surface area contributed by atoms with Gasteiger partial charge in [-0.2, -0.15) is 5.10 Å². The third-order valence-corrected chi connectivity index (χ3v) is 2.39. The topological polar surface area (TPSA) is 59.0 Å². The van der Waals surface area contributed by atoms with E-state index in [4.69, 9.17) is 0 Å². The molecule has 0 spiro atoms. The molecule has 0 aliphatic rings. The summed E-state index contributed by atoms with van der Waals surface area (Å²) in [6.07, 6.45) is 4.91. The van der Waals surface area contributed by atoms with Crippen molar-refractivity contribution in [2.75, 3.05) is 7.05 Å². The lowest BCUT2D eigenvalue weighted by atomic mass is 10.3. The number of aromatic nitrogens is 2. The molecule has 0 saturated carbocycles. The Bertz CT molecular complexity index is 340. The summed E-state index contributed by atoms with van der Waals surface area (Å²) < 4.78 is 1.92. The minimum atomic E-state index is -0.181. The van der Waals surface area contributed by atoms with E-state index in [1.54, 1.807) is 7.05 Å². The zero-order valence-corrected chi connectivity index (χ0v) is 11.4. The molecule has 1 aromatic rings. The summed E-state index contributed by atoms with van der Waals surface area (Å²) in [6.45, 7) is 5.56. The van der Waals surface area contributed by atoms with Crippen LogP contribution in [0.4, 0.5) is 0 Å². The van der Waals surface area contributed by atoms with E-state index in [1.165, 1.54) is 0 Å². The zero-order chi connectivity index (χ0) is 12.0. The first-order valence-corrected chi connectivity index (χ1v) is 5.63. The molecule has 0 unspecified atom stereocenters. The van der Waals surface area contributed by atoms with E-state index >= 15 is 0 Å². The Balaban J connectivity index is 0.00000256. The van der Waals surface area contributed by atoms with E-state index in [0.717, 1.165) is 18.5 Å². The molecular weight excluding hydrogens is 240 g/mol. The van der Waals surface area contributed by atoms with Crippen LogP contribution in [0.25, 0.3) is 0 Å². The quantitative estimate of drug-likeness (QED) is 0.800. The van der Waals surface area contributed by atoms with Crippen LogP contribution in [-0.4, -0.2) is 28.8 Å². The second-order valence-corrected chi connectivity index (χ2v) is 3.83. The van der Waals surface area contributed by atoms with Gasteiger partial charge in [-0.1, -0.05) is 6.92 Å². The van der Waals surface area contributed by atoms with Crippen LogP contribution in [0.2, 0.25) is 0 Å². The van der Waals surface area contributed by atoms with Crippen LogP contribution in [-0.2, 0) is 17.9 Å². The lowest BCUT2D eigenvalue weighted by molar-refractivity contribution is -0.122. The number of carbonyl (C=O) groups is 1. The molecule has 0 fully saturated rings. The third-order valence-electron chi connectivity index (χ3n) is 2.39. The van der Waals surface area contributed by atoms with Gasteiger partial charge in [0.2, 0.25) is 5.91 Å². The number of nitrogens with zero attached hydrogens (tertiary/aromatic N) is 2. The molecule has 0 bridgehead atoms. The maximum absolute atomic E-state index is 11.2. The minimum Gasteiger partial charge on any atom is -0.358 e. The Kier molecular flexibility index (Phi) is 7.58. The predicted octanol–water partition coefficient (Wildman–Crippen LogP) is 0.939. The van der Waals surface area contributed by atoms with Gasteiger partial charge in [0.1, 0.15) is 0 Å². The van der Waals surface area contributed by atoms with Crippen molar-refractivity contribution in [1.29, 1.82) is 0 Å². The number of carbonyl (C=O) groups excluding carboxylic acids is 1. The standard InChI is InChI=1S/C11H20N4O.ClH/c1-4-5-15-8-10(7-14-15)6-13-9(2)11(16)12-3;/h7-9,13H,4-6H2,1-3H3,(H,12,16);1H/t9-;/m1./s1. The van der Waals surface area contributed by atoms with Crippen molar-refractivity contribution in [3.05, 3.63) is 18.0 Å². The average molecular weight is 261 g/mol. The molecule has 1 heterocycles. The van der Waals surface area contributed by atoms with Crippen LogP contribution >= 0.6 is 12.4 Å². The Morgan fingerprint density at radius 2 is 2.29 bits per heavy atom. The first-order valence-electron chi connectivity index (χ1n) is 5.63. The first-order chi connectivity index (χ1) is 7.67. The number of aryl methyl sites for hydroxylation is 1. The number of rotatable bonds is 6. The SMILES string of the molecule is CCCn1cc(CN[C@H](C)C(=O)NC)cn1.Cl. The second-order valence-electron chi connectivity index (χ2n) is 3.83. The van der Waals surface area contributed by atoms with E-state index in [1.807, 2.05) is 24.0 Å². The summed E-state index contributed by atoms with van der Waals surface area (Å²) in [5.74, 6) is 0.000880. The molecule has 0 aromatic carbocycles. The summed E-state index contributed by atoms with van der Waals surface area (Å²) >= 11 is 0. The number of halogens is 1. The summed E-state index contributed by atoms with van der Waals surface area (Å²) in [4.78, 5) is 11.2. The van der Waals surface area contributed by atoms with Gasteiger partial charge in [0.25, 0.3) is 0 Å². The Labute approximate surface area is 108 Å². The number of hydrogen-bond acceptors (Lipinski definition) is 3. The van der Waals surface area contributed by atoms with Crippen molar-refractivity contribution in [3.8, 4) is 0 Å². The normalized spacial score (nSPS) is 11.7. The lowest BCUT2D eigenvalue weighted by Gasteiger charge is -2.10. The van der Waals surface area contributed by atoms with Crippen molar-refractivity contribution < 1.29 is 4.79 Å².